The van der Waals surface area contributed by atoms with Gasteiger partial charge in [0.25, 0.3) is 0 Å². The Hall–Kier alpha value is -0.160. The first-order chi connectivity index (χ1) is 9.31. The molecule has 2 saturated carbocycles. The van der Waals surface area contributed by atoms with Gasteiger partial charge in [0.2, 0.25) is 0 Å². The number of nitrogens with zero attached hydrogens (tertiary/aromatic N) is 2. The lowest BCUT2D eigenvalue weighted by atomic mass is 9.78. The highest BCUT2D eigenvalue weighted by Crippen LogP contribution is 2.43. The molecule has 4 rings (SSSR count). The van der Waals surface area contributed by atoms with E-state index in [1.807, 2.05) is 16.8 Å². The fourth-order valence-corrected chi connectivity index (χ4v) is 4.92. The standard InChI is InChI=1S/C15H23N3S.ClH/c16-13-3-1-2-11-6-18(7-12(11)13)8-14-15(10-4-5-10)17-9-19-14;/h9-13H,1-8,16H2;1H. The van der Waals surface area contributed by atoms with Crippen molar-refractivity contribution in [2.75, 3.05) is 13.1 Å². The summed E-state index contributed by atoms with van der Waals surface area (Å²) in [6.45, 7) is 3.60. The molecule has 3 nitrogen and oxygen atoms in total. The van der Waals surface area contributed by atoms with E-state index in [2.05, 4.69) is 9.88 Å². The van der Waals surface area contributed by atoms with Gasteiger partial charge in [0.05, 0.1) is 11.2 Å². The van der Waals surface area contributed by atoms with Gasteiger partial charge in [-0.25, -0.2) is 4.98 Å². The van der Waals surface area contributed by atoms with Crippen molar-refractivity contribution < 1.29 is 0 Å². The summed E-state index contributed by atoms with van der Waals surface area (Å²) >= 11 is 1.85. The second-order valence-electron chi connectivity index (χ2n) is 6.65. The first kappa shape index (κ1) is 14.8. The van der Waals surface area contributed by atoms with Crippen LogP contribution in [-0.2, 0) is 6.54 Å². The van der Waals surface area contributed by atoms with E-state index in [0.717, 1.165) is 24.3 Å². The van der Waals surface area contributed by atoms with Crippen molar-refractivity contribution in [2.24, 2.45) is 17.6 Å². The molecule has 2 aliphatic carbocycles. The molecule has 1 saturated heterocycles. The highest BCUT2D eigenvalue weighted by molar-refractivity contribution is 7.09. The summed E-state index contributed by atoms with van der Waals surface area (Å²) in [6, 6.07) is 0.452. The number of likely N-dealkylation sites (tertiary alicyclic amines) is 1. The van der Waals surface area contributed by atoms with Crippen LogP contribution in [0.1, 0.15) is 48.6 Å². The Morgan fingerprint density at radius 2 is 2.10 bits per heavy atom. The summed E-state index contributed by atoms with van der Waals surface area (Å²) in [5.74, 6) is 2.40. The van der Waals surface area contributed by atoms with Crippen LogP contribution in [0.4, 0.5) is 0 Å². The number of nitrogens with two attached hydrogens (primary N) is 1. The molecule has 1 aromatic rings. The normalized spacial score (nSPS) is 33.8. The zero-order valence-electron chi connectivity index (χ0n) is 11.8. The van der Waals surface area contributed by atoms with Crippen molar-refractivity contribution in [3.63, 3.8) is 0 Å². The lowest BCUT2D eigenvalue weighted by molar-refractivity contribution is 0.259. The SMILES string of the molecule is Cl.NC1CCCC2CN(Cc3scnc3C3CC3)CC12. The maximum atomic E-state index is 6.31. The molecule has 2 N–H and O–H groups in total. The fourth-order valence-electron chi connectivity index (χ4n) is 4.03. The van der Waals surface area contributed by atoms with Gasteiger partial charge in [0.1, 0.15) is 0 Å². The summed E-state index contributed by atoms with van der Waals surface area (Å²) in [5, 5.41) is 0. The third kappa shape index (κ3) is 2.76. The summed E-state index contributed by atoms with van der Waals surface area (Å²) < 4.78 is 0. The van der Waals surface area contributed by atoms with Gasteiger partial charge in [-0.05, 0) is 37.5 Å². The summed E-state index contributed by atoms with van der Waals surface area (Å²) in [6.07, 6.45) is 6.68. The quantitative estimate of drug-likeness (QED) is 0.932. The highest BCUT2D eigenvalue weighted by atomic mass is 35.5. The monoisotopic (exact) mass is 313 g/mol. The largest absolute Gasteiger partial charge is 0.327 e. The van der Waals surface area contributed by atoms with Gasteiger partial charge in [0.15, 0.2) is 0 Å². The molecule has 112 valence electrons. The van der Waals surface area contributed by atoms with Crippen molar-refractivity contribution in [1.29, 1.82) is 0 Å². The average molecular weight is 314 g/mol. The lowest BCUT2D eigenvalue weighted by Crippen LogP contribution is -2.38. The Morgan fingerprint density at radius 1 is 1.25 bits per heavy atom. The van der Waals surface area contributed by atoms with E-state index in [9.17, 15) is 0 Å². The van der Waals surface area contributed by atoms with E-state index in [1.165, 1.54) is 55.8 Å². The van der Waals surface area contributed by atoms with E-state index >= 15 is 0 Å². The van der Waals surface area contributed by atoms with Crippen molar-refractivity contribution in [3.05, 3.63) is 16.1 Å². The number of thiazole rings is 1. The first-order valence-electron chi connectivity index (χ1n) is 7.71. The first-order valence-corrected chi connectivity index (χ1v) is 8.59. The van der Waals surface area contributed by atoms with Gasteiger partial charge in [0, 0.05) is 36.5 Å². The van der Waals surface area contributed by atoms with Crippen LogP contribution in [0.25, 0.3) is 0 Å². The molecular formula is C15H24ClN3S. The molecule has 1 aromatic heterocycles. The maximum absolute atomic E-state index is 6.31. The van der Waals surface area contributed by atoms with Crippen LogP contribution in [-0.4, -0.2) is 29.0 Å². The van der Waals surface area contributed by atoms with Gasteiger partial charge in [-0.3, -0.25) is 4.90 Å². The van der Waals surface area contributed by atoms with Crippen molar-refractivity contribution >= 4 is 23.7 Å². The molecule has 1 aliphatic heterocycles. The van der Waals surface area contributed by atoms with Crippen LogP contribution in [0.5, 0.6) is 0 Å². The van der Waals surface area contributed by atoms with Crippen LogP contribution >= 0.6 is 23.7 Å². The summed E-state index contributed by atoms with van der Waals surface area (Å²) in [5.41, 5.74) is 9.75. The van der Waals surface area contributed by atoms with E-state index in [1.54, 1.807) is 0 Å². The van der Waals surface area contributed by atoms with Crippen LogP contribution in [0.2, 0.25) is 0 Å². The minimum atomic E-state index is 0. The van der Waals surface area contributed by atoms with Gasteiger partial charge < -0.3 is 5.73 Å². The van der Waals surface area contributed by atoms with Crippen molar-refractivity contribution in [2.45, 2.75) is 50.6 Å². The van der Waals surface area contributed by atoms with E-state index in [-0.39, 0.29) is 12.4 Å². The Balaban J connectivity index is 0.00000121. The molecule has 0 spiro atoms. The molecule has 2 heterocycles. The van der Waals surface area contributed by atoms with Crippen LogP contribution < -0.4 is 5.73 Å². The molecule has 3 atom stereocenters. The Bertz CT molecular complexity index is 460. The van der Waals surface area contributed by atoms with Gasteiger partial charge in [-0.1, -0.05) is 6.42 Å². The predicted molar refractivity (Wildman–Crippen MR) is 85.4 cm³/mol. The molecule has 0 amide bonds. The summed E-state index contributed by atoms with van der Waals surface area (Å²) in [4.78, 5) is 8.75. The fraction of sp³-hybridized carbons (Fsp3) is 0.800. The molecule has 3 unspecified atom stereocenters. The number of hydrogen-bond acceptors (Lipinski definition) is 4. The minimum absolute atomic E-state index is 0. The Labute approximate surface area is 131 Å². The number of aromatic nitrogens is 1. The smallest absolute Gasteiger partial charge is 0.0798 e. The number of halogens is 1. The van der Waals surface area contributed by atoms with Gasteiger partial charge in [-0.2, -0.15) is 0 Å². The lowest BCUT2D eigenvalue weighted by Gasteiger charge is -2.29. The van der Waals surface area contributed by atoms with Gasteiger partial charge in [-0.15, -0.1) is 23.7 Å². The van der Waals surface area contributed by atoms with Gasteiger partial charge >= 0.3 is 0 Å². The molecule has 0 radical (unpaired) electrons. The highest BCUT2D eigenvalue weighted by Gasteiger charge is 2.39. The number of fused-ring (bicyclic) bond motifs is 1. The van der Waals surface area contributed by atoms with Crippen LogP contribution in [0, 0.1) is 11.8 Å². The zero-order chi connectivity index (χ0) is 12.8. The van der Waals surface area contributed by atoms with E-state index in [0.29, 0.717) is 6.04 Å². The van der Waals surface area contributed by atoms with Crippen LogP contribution in [0.3, 0.4) is 0 Å². The molecule has 20 heavy (non-hydrogen) atoms. The zero-order valence-corrected chi connectivity index (χ0v) is 13.5. The van der Waals surface area contributed by atoms with Crippen molar-refractivity contribution in [1.82, 2.24) is 9.88 Å². The van der Waals surface area contributed by atoms with E-state index in [4.69, 9.17) is 5.73 Å². The molecular weight excluding hydrogens is 290 g/mol. The molecule has 3 fully saturated rings. The maximum Gasteiger partial charge on any atom is 0.0798 e. The molecule has 0 bridgehead atoms. The third-order valence-corrected chi connectivity index (χ3v) is 6.07. The third-order valence-electron chi connectivity index (χ3n) is 5.23. The minimum Gasteiger partial charge on any atom is -0.327 e. The van der Waals surface area contributed by atoms with E-state index < -0.39 is 0 Å². The second-order valence-corrected chi connectivity index (χ2v) is 7.59. The molecule has 5 heteroatoms. The van der Waals surface area contributed by atoms with Crippen LogP contribution in [0.15, 0.2) is 5.51 Å². The molecule has 3 aliphatic rings. The number of rotatable bonds is 3. The second kappa shape index (κ2) is 5.91. The Kier molecular flexibility index (Phi) is 4.37. The average Bonchev–Trinajstić information content (AvgIpc) is 2.99. The molecule has 0 aromatic carbocycles. The Morgan fingerprint density at radius 3 is 2.85 bits per heavy atom. The topological polar surface area (TPSA) is 42.1 Å². The van der Waals surface area contributed by atoms with Crippen molar-refractivity contribution in [3.8, 4) is 0 Å². The number of hydrogen-bond donors (Lipinski definition) is 1. The predicted octanol–water partition coefficient (Wildman–Crippen LogP) is 3.00. The summed E-state index contributed by atoms with van der Waals surface area (Å²) in [7, 11) is 0.